The first kappa shape index (κ1) is 30.7. The number of carbonyl (C=O) groups is 1. The van der Waals surface area contributed by atoms with Crippen molar-refractivity contribution < 1.29 is 22.7 Å². The molecule has 3 aromatic heterocycles. The SMILES string of the molecule is Cc1nc2cnc(N)c(C#Cc3cncc(C(=O)Nc4ccc(OCCN5CCN(C)CC5)c(C(F)(F)F)c4)c3)c2nc1C. The van der Waals surface area contributed by atoms with Crippen molar-refractivity contribution in [2.75, 3.05) is 57.4 Å². The molecule has 228 valence electrons. The lowest BCUT2D eigenvalue weighted by atomic mass is 10.1. The number of nitrogens with zero attached hydrogens (tertiary/aromatic N) is 6. The van der Waals surface area contributed by atoms with Crippen molar-refractivity contribution in [3.8, 4) is 17.6 Å². The van der Waals surface area contributed by atoms with E-state index in [4.69, 9.17) is 10.5 Å². The fourth-order valence-corrected chi connectivity index (χ4v) is 4.62. The number of nitrogens with one attached hydrogen (secondary N) is 1. The predicted octanol–water partition coefficient (Wildman–Crippen LogP) is 3.92. The topological polar surface area (TPSA) is 122 Å². The zero-order valence-corrected chi connectivity index (χ0v) is 24.5. The zero-order valence-electron chi connectivity index (χ0n) is 24.5. The molecule has 0 saturated carbocycles. The van der Waals surface area contributed by atoms with Crippen LogP contribution in [0.15, 0.2) is 42.9 Å². The lowest BCUT2D eigenvalue weighted by Crippen LogP contribution is -2.45. The van der Waals surface area contributed by atoms with Gasteiger partial charge in [-0.1, -0.05) is 11.8 Å². The quantitative estimate of drug-likeness (QED) is 0.316. The number of aryl methyl sites for hydroxylation is 2. The molecule has 5 rings (SSSR count). The van der Waals surface area contributed by atoms with E-state index in [1.54, 1.807) is 0 Å². The molecule has 0 bridgehead atoms. The number of fused-ring (bicyclic) bond motifs is 1. The van der Waals surface area contributed by atoms with Crippen LogP contribution < -0.4 is 15.8 Å². The van der Waals surface area contributed by atoms with Crippen LogP contribution in [0.1, 0.15) is 38.4 Å². The number of carbonyl (C=O) groups excluding carboxylic acids is 1. The number of halogens is 3. The minimum absolute atomic E-state index is 0.0379. The van der Waals surface area contributed by atoms with Crippen molar-refractivity contribution in [1.29, 1.82) is 0 Å². The summed E-state index contributed by atoms with van der Waals surface area (Å²) in [6.07, 6.45) is -0.401. The Hall–Kier alpha value is -4.80. The van der Waals surface area contributed by atoms with Crippen molar-refractivity contribution in [2.45, 2.75) is 20.0 Å². The van der Waals surface area contributed by atoms with Crippen LogP contribution in [0.2, 0.25) is 0 Å². The molecule has 1 aliphatic rings. The summed E-state index contributed by atoms with van der Waals surface area (Å²) in [7, 11) is 2.03. The van der Waals surface area contributed by atoms with E-state index in [-0.39, 0.29) is 29.4 Å². The van der Waals surface area contributed by atoms with E-state index in [0.717, 1.165) is 43.6 Å². The van der Waals surface area contributed by atoms with Crippen LogP contribution in [0, 0.1) is 25.7 Å². The van der Waals surface area contributed by atoms with E-state index in [1.807, 2.05) is 20.9 Å². The van der Waals surface area contributed by atoms with E-state index in [2.05, 4.69) is 46.9 Å². The zero-order chi connectivity index (χ0) is 31.4. The summed E-state index contributed by atoms with van der Waals surface area (Å²) in [6.45, 7) is 7.78. The summed E-state index contributed by atoms with van der Waals surface area (Å²) >= 11 is 0. The van der Waals surface area contributed by atoms with Gasteiger partial charge in [-0.15, -0.1) is 0 Å². The van der Waals surface area contributed by atoms with Crippen molar-refractivity contribution in [1.82, 2.24) is 29.7 Å². The number of hydrogen-bond donors (Lipinski definition) is 2. The van der Waals surface area contributed by atoms with Gasteiger partial charge in [-0.05, 0) is 45.2 Å². The first-order valence-electron chi connectivity index (χ1n) is 13.9. The van der Waals surface area contributed by atoms with E-state index >= 15 is 0 Å². The highest BCUT2D eigenvalue weighted by Gasteiger charge is 2.35. The van der Waals surface area contributed by atoms with Gasteiger partial charge < -0.3 is 20.7 Å². The molecule has 10 nitrogen and oxygen atoms in total. The van der Waals surface area contributed by atoms with Crippen LogP contribution in [-0.2, 0) is 6.18 Å². The fraction of sp³-hybridized carbons (Fsp3) is 0.323. The van der Waals surface area contributed by atoms with Crippen LogP contribution >= 0.6 is 0 Å². The summed E-state index contributed by atoms with van der Waals surface area (Å²) in [4.78, 5) is 34.6. The monoisotopic (exact) mass is 604 g/mol. The summed E-state index contributed by atoms with van der Waals surface area (Å²) in [5.74, 6) is 5.10. The number of rotatable bonds is 6. The van der Waals surface area contributed by atoms with Gasteiger partial charge in [-0.25, -0.2) is 15.0 Å². The Balaban J connectivity index is 1.30. The number of hydrogen-bond acceptors (Lipinski definition) is 9. The molecule has 1 saturated heterocycles. The second kappa shape index (κ2) is 12.8. The van der Waals surface area contributed by atoms with Gasteiger partial charge in [0.25, 0.3) is 5.91 Å². The number of likely N-dealkylation sites (N-methyl/N-ethyl adjacent to an activating group) is 1. The molecule has 4 heterocycles. The summed E-state index contributed by atoms with van der Waals surface area (Å²) in [5.41, 5.74) is 8.47. The van der Waals surface area contributed by atoms with Gasteiger partial charge in [-0.2, -0.15) is 13.2 Å². The van der Waals surface area contributed by atoms with Crippen LogP contribution in [0.4, 0.5) is 24.7 Å². The average Bonchev–Trinajstić information content (AvgIpc) is 2.99. The number of nitrogens with two attached hydrogens (primary N) is 1. The molecular weight excluding hydrogens is 573 g/mol. The van der Waals surface area contributed by atoms with Crippen molar-refractivity contribution >= 4 is 28.4 Å². The van der Waals surface area contributed by atoms with Crippen molar-refractivity contribution in [3.05, 3.63) is 76.5 Å². The number of amides is 1. The molecule has 0 radical (unpaired) electrons. The standard InChI is InChI=1S/C31H31F3N8O2/c1-19-20(2)39-28-24(29(35)37-18-26(28)38-19)6-4-21-14-22(17-36-16-21)30(43)40-23-5-7-27(25(15-23)31(32,33)34)44-13-12-42-10-8-41(3)9-11-42/h5,7,14-18H,8-13H2,1-3H3,(H2,35,37)(H,40,43). The van der Waals surface area contributed by atoms with Crippen LogP contribution in [0.5, 0.6) is 5.75 Å². The number of benzene rings is 1. The van der Waals surface area contributed by atoms with Gasteiger partial charge in [0, 0.05) is 56.4 Å². The molecule has 0 atom stereocenters. The van der Waals surface area contributed by atoms with Gasteiger partial charge in [0.2, 0.25) is 0 Å². The normalized spacial score (nSPS) is 14.2. The lowest BCUT2D eigenvalue weighted by Gasteiger charge is -2.32. The minimum atomic E-state index is -4.68. The highest BCUT2D eigenvalue weighted by Crippen LogP contribution is 2.38. The Bertz CT molecular complexity index is 1760. The second-order valence-corrected chi connectivity index (χ2v) is 10.5. The molecule has 1 amide bonds. The molecule has 0 spiro atoms. The Morgan fingerprint density at radius 3 is 2.55 bits per heavy atom. The van der Waals surface area contributed by atoms with Crippen LogP contribution in [0.3, 0.4) is 0 Å². The molecule has 44 heavy (non-hydrogen) atoms. The predicted molar refractivity (Wildman–Crippen MR) is 160 cm³/mol. The third-order valence-corrected chi connectivity index (χ3v) is 7.29. The van der Waals surface area contributed by atoms with Crippen molar-refractivity contribution in [2.24, 2.45) is 0 Å². The molecule has 1 aliphatic heterocycles. The first-order valence-corrected chi connectivity index (χ1v) is 13.9. The van der Waals surface area contributed by atoms with E-state index in [1.165, 1.54) is 36.8 Å². The third kappa shape index (κ3) is 7.21. The Morgan fingerprint density at radius 1 is 1.05 bits per heavy atom. The Labute approximate surface area is 252 Å². The van der Waals surface area contributed by atoms with Gasteiger partial charge in [0.1, 0.15) is 29.2 Å². The maximum atomic E-state index is 13.9. The highest BCUT2D eigenvalue weighted by atomic mass is 19.4. The second-order valence-electron chi connectivity index (χ2n) is 10.5. The molecule has 1 aromatic carbocycles. The first-order chi connectivity index (χ1) is 21.0. The number of anilines is 2. The molecular formula is C31H31F3N8O2. The van der Waals surface area contributed by atoms with Gasteiger partial charge in [-0.3, -0.25) is 14.7 Å². The molecule has 1 fully saturated rings. The summed E-state index contributed by atoms with van der Waals surface area (Å²) in [5, 5.41) is 2.51. The Morgan fingerprint density at radius 2 is 1.80 bits per heavy atom. The van der Waals surface area contributed by atoms with Gasteiger partial charge in [0.05, 0.1) is 34.3 Å². The molecule has 0 aliphatic carbocycles. The van der Waals surface area contributed by atoms with E-state index < -0.39 is 17.6 Å². The Kier molecular flexibility index (Phi) is 8.93. The maximum Gasteiger partial charge on any atom is 0.420 e. The van der Waals surface area contributed by atoms with Gasteiger partial charge >= 0.3 is 6.18 Å². The maximum absolute atomic E-state index is 13.9. The number of pyridine rings is 2. The summed E-state index contributed by atoms with van der Waals surface area (Å²) < 4.78 is 47.2. The largest absolute Gasteiger partial charge is 0.492 e. The number of aromatic nitrogens is 4. The number of piperazine rings is 1. The number of ether oxygens (including phenoxy) is 1. The highest BCUT2D eigenvalue weighted by molar-refractivity contribution is 6.04. The average molecular weight is 605 g/mol. The minimum Gasteiger partial charge on any atom is -0.492 e. The molecule has 0 unspecified atom stereocenters. The molecule has 3 N–H and O–H groups in total. The van der Waals surface area contributed by atoms with Crippen molar-refractivity contribution in [3.63, 3.8) is 0 Å². The third-order valence-electron chi connectivity index (χ3n) is 7.29. The van der Waals surface area contributed by atoms with Crippen LogP contribution in [0.25, 0.3) is 11.0 Å². The van der Waals surface area contributed by atoms with E-state index in [0.29, 0.717) is 28.7 Å². The van der Waals surface area contributed by atoms with Gasteiger partial charge in [0.15, 0.2) is 0 Å². The summed E-state index contributed by atoms with van der Waals surface area (Å²) in [6, 6.07) is 4.93. The smallest absolute Gasteiger partial charge is 0.420 e. The lowest BCUT2D eigenvalue weighted by molar-refractivity contribution is -0.138. The molecule has 4 aromatic rings. The molecule has 13 heteroatoms. The fourth-order valence-electron chi connectivity index (χ4n) is 4.62. The van der Waals surface area contributed by atoms with E-state index in [9.17, 15) is 18.0 Å². The number of nitrogen functional groups attached to an aromatic ring is 1. The van der Waals surface area contributed by atoms with Crippen LogP contribution in [-0.4, -0.2) is 82.0 Å². The number of alkyl halides is 3.